The number of nitrogens with two attached hydrogens (primary N) is 1. The molecule has 2 rings (SSSR count). The van der Waals surface area contributed by atoms with Gasteiger partial charge < -0.3 is 5.43 Å². The van der Waals surface area contributed by atoms with E-state index >= 15 is 0 Å². The molecule has 1 unspecified atom stereocenters. The van der Waals surface area contributed by atoms with Crippen molar-refractivity contribution in [3.63, 3.8) is 0 Å². The molecule has 1 atom stereocenters. The molecular weight excluding hydrogens is 286 g/mol. The Morgan fingerprint density at radius 1 is 1.19 bits per heavy atom. The molecule has 1 aromatic carbocycles. The average molecular weight is 311 g/mol. The molecule has 3 N–H and O–H groups in total. The third-order valence-corrected chi connectivity index (χ3v) is 6.25. The highest BCUT2D eigenvalue weighted by Gasteiger charge is 2.28. The second-order valence-electron chi connectivity index (χ2n) is 6.01. The molecule has 0 aromatic heterocycles. The SMILES string of the molecule is CC(C)C1CCCN(S(=O)(=O)c2ccc(NN)cc2)CC1. The van der Waals surface area contributed by atoms with Gasteiger partial charge in [-0.1, -0.05) is 13.8 Å². The molecule has 1 heterocycles. The summed E-state index contributed by atoms with van der Waals surface area (Å²) >= 11 is 0. The minimum absolute atomic E-state index is 0.337. The molecule has 0 radical (unpaired) electrons. The van der Waals surface area contributed by atoms with Crippen LogP contribution >= 0.6 is 0 Å². The predicted molar refractivity (Wildman–Crippen MR) is 85.2 cm³/mol. The lowest BCUT2D eigenvalue weighted by Crippen LogP contribution is -2.32. The number of hydrogen-bond acceptors (Lipinski definition) is 4. The van der Waals surface area contributed by atoms with E-state index in [2.05, 4.69) is 19.3 Å². The predicted octanol–water partition coefficient (Wildman–Crippen LogP) is 2.42. The van der Waals surface area contributed by atoms with Gasteiger partial charge in [0, 0.05) is 18.8 Å². The van der Waals surface area contributed by atoms with Gasteiger partial charge in [-0.05, 0) is 55.4 Å². The van der Waals surface area contributed by atoms with Crippen LogP contribution in [0, 0.1) is 11.8 Å². The van der Waals surface area contributed by atoms with Crippen LogP contribution in [-0.2, 0) is 10.0 Å². The second kappa shape index (κ2) is 6.77. The van der Waals surface area contributed by atoms with Crippen LogP contribution in [0.4, 0.5) is 5.69 Å². The van der Waals surface area contributed by atoms with Gasteiger partial charge in [0.05, 0.1) is 4.90 Å². The van der Waals surface area contributed by atoms with Gasteiger partial charge in [0.15, 0.2) is 0 Å². The molecule has 21 heavy (non-hydrogen) atoms. The van der Waals surface area contributed by atoms with Gasteiger partial charge in [-0.25, -0.2) is 8.42 Å². The molecule has 1 fully saturated rings. The van der Waals surface area contributed by atoms with Gasteiger partial charge in [0.25, 0.3) is 0 Å². The number of nitrogens with one attached hydrogen (secondary N) is 1. The summed E-state index contributed by atoms with van der Waals surface area (Å²) < 4.78 is 27.0. The first kappa shape index (κ1) is 16.3. The summed E-state index contributed by atoms with van der Waals surface area (Å²) in [6.07, 6.45) is 2.99. The van der Waals surface area contributed by atoms with E-state index in [4.69, 9.17) is 5.84 Å². The molecule has 0 aliphatic carbocycles. The topological polar surface area (TPSA) is 75.4 Å². The van der Waals surface area contributed by atoms with Crippen molar-refractivity contribution in [3.8, 4) is 0 Å². The molecule has 0 spiro atoms. The van der Waals surface area contributed by atoms with Crippen molar-refractivity contribution in [3.05, 3.63) is 24.3 Å². The van der Waals surface area contributed by atoms with Crippen LogP contribution in [0.1, 0.15) is 33.1 Å². The zero-order valence-electron chi connectivity index (χ0n) is 12.7. The van der Waals surface area contributed by atoms with Crippen LogP contribution in [-0.4, -0.2) is 25.8 Å². The third kappa shape index (κ3) is 3.75. The van der Waals surface area contributed by atoms with Crippen LogP contribution < -0.4 is 11.3 Å². The van der Waals surface area contributed by atoms with Crippen molar-refractivity contribution < 1.29 is 8.42 Å². The Hall–Kier alpha value is -1.11. The monoisotopic (exact) mass is 311 g/mol. The van der Waals surface area contributed by atoms with E-state index in [1.165, 1.54) is 0 Å². The first-order valence-corrected chi connectivity index (χ1v) is 8.96. The fourth-order valence-electron chi connectivity index (χ4n) is 2.88. The molecule has 1 aliphatic heterocycles. The summed E-state index contributed by atoms with van der Waals surface area (Å²) in [6, 6.07) is 6.58. The number of hydrazine groups is 1. The highest BCUT2D eigenvalue weighted by atomic mass is 32.2. The first-order valence-electron chi connectivity index (χ1n) is 7.52. The quantitative estimate of drug-likeness (QED) is 0.661. The lowest BCUT2D eigenvalue weighted by Gasteiger charge is -2.21. The Bertz CT molecular complexity index is 555. The Labute approximate surface area is 127 Å². The summed E-state index contributed by atoms with van der Waals surface area (Å²) in [6.45, 7) is 5.66. The van der Waals surface area contributed by atoms with Crippen molar-refractivity contribution in [1.82, 2.24) is 4.31 Å². The van der Waals surface area contributed by atoms with E-state index in [0.717, 1.165) is 19.3 Å². The van der Waals surface area contributed by atoms with E-state index in [-0.39, 0.29) is 0 Å². The molecule has 5 nitrogen and oxygen atoms in total. The molecule has 1 aromatic rings. The number of hydrogen-bond donors (Lipinski definition) is 2. The minimum atomic E-state index is -3.39. The van der Waals surface area contributed by atoms with Gasteiger partial charge in [-0.3, -0.25) is 5.84 Å². The minimum Gasteiger partial charge on any atom is -0.324 e. The lowest BCUT2D eigenvalue weighted by molar-refractivity contribution is 0.341. The molecular formula is C15H25N3O2S. The van der Waals surface area contributed by atoms with E-state index in [1.807, 2.05) is 0 Å². The molecule has 1 saturated heterocycles. The third-order valence-electron chi connectivity index (χ3n) is 4.33. The normalized spacial score (nSPS) is 21.2. The number of anilines is 1. The fourth-order valence-corrected chi connectivity index (χ4v) is 4.37. The Morgan fingerprint density at radius 3 is 2.43 bits per heavy atom. The zero-order chi connectivity index (χ0) is 15.5. The summed E-state index contributed by atoms with van der Waals surface area (Å²) in [5.41, 5.74) is 3.20. The number of nitrogen functional groups attached to an aromatic ring is 1. The molecule has 118 valence electrons. The van der Waals surface area contributed by atoms with Gasteiger partial charge in [-0.2, -0.15) is 4.31 Å². The van der Waals surface area contributed by atoms with Gasteiger partial charge >= 0.3 is 0 Å². The van der Waals surface area contributed by atoms with Gasteiger partial charge in [-0.15, -0.1) is 0 Å². The standard InChI is InChI=1S/C15H25N3O2S/c1-12(2)13-4-3-10-18(11-9-13)21(19,20)15-7-5-14(17-16)6-8-15/h5-8,12-13,17H,3-4,9-11,16H2,1-2H3. The summed E-state index contributed by atoms with van der Waals surface area (Å²) in [5.74, 6) is 6.54. The maximum absolute atomic E-state index is 12.7. The molecule has 0 bridgehead atoms. The smallest absolute Gasteiger partial charge is 0.243 e. The van der Waals surface area contributed by atoms with Crippen LogP contribution in [0.25, 0.3) is 0 Å². The number of rotatable bonds is 4. The van der Waals surface area contributed by atoms with E-state index in [0.29, 0.717) is 35.5 Å². The summed E-state index contributed by atoms with van der Waals surface area (Å²) in [7, 11) is -3.39. The highest BCUT2D eigenvalue weighted by molar-refractivity contribution is 7.89. The number of benzene rings is 1. The zero-order valence-corrected chi connectivity index (χ0v) is 13.6. The molecule has 0 amide bonds. The summed E-state index contributed by atoms with van der Waals surface area (Å²) in [4.78, 5) is 0.337. The van der Waals surface area contributed by atoms with Crippen molar-refractivity contribution in [2.75, 3.05) is 18.5 Å². The van der Waals surface area contributed by atoms with Gasteiger partial charge in [0.1, 0.15) is 0 Å². The van der Waals surface area contributed by atoms with Crippen LogP contribution in [0.2, 0.25) is 0 Å². The second-order valence-corrected chi connectivity index (χ2v) is 7.95. The maximum atomic E-state index is 12.7. The van der Waals surface area contributed by atoms with Crippen molar-refractivity contribution in [2.24, 2.45) is 17.7 Å². The molecule has 0 saturated carbocycles. The Kier molecular flexibility index (Phi) is 5.24. The largest absolute Gasteiger partial charge is 0.324 e. The fraction of sp³-hybridized carbons (Fsp3) is 0.600. The average Bonchev–Trinajstić information content (AvgIpc) is 2.73. The maximum Gasteiger partial charge on any atom is 0.243 e. The Balaban J connectivity index is 2.15. The number of sulfonamides is 1. The highest BCUT2D eigenvalue weighted by Crippen LogP contribution is 2.27. The van der Waals surface area contributed by atoms with Gasteiger partial charge in [0.2, 0.25) is 10.0 Å². The van der Waals surface area contributed by atoms with Crippen molar-refractivity contribution in [2.45, 2.75) is 38.0 Å². The van der Waals surface area contributed by atoms with E-state index in [9.17, 15) is 8.42 Å². The molecule has 1 aliphatic rings. The van der Waals surface area contributed by atoms with Crippen molar-refractivity contribution >= 4 is 15.7 Å². The Morgan fingerprint density at radius 2 is 1.86 bits per heavy atom. The van der Waals surface area contributed by atoms with Crippen molar-refractivity contribution in [1.29, 1.82) is 0 Å². The lowest BCUT2D eigenvalue weighted by atomic mass is 9.89. The first-order chi connectivity index (χ1) is 9.95. The van der Waals surface area contributed by atoms with E-state index in [1.54, 1.807) is 28.6 Å². The number of nitrogens with zero attached hydrogens (tertiary/aromatic N) is 1. The van der Waals surface area contributed by atoms with E-state index < -0.39 is 10.0 Å². The van der Waals surface area contributed by atoms with Crippen LogP contribution in [0.15, 0.2) is 29.2 Å². The summed E-state index contributed by atoms with van der Waals surface area (Å²) in [5, 5.41) is 0. The van der Waals surface area contributed by atoms with Crippen LogP contribution in [0.5, 0.6) is 0 Å². The molecule has 6 heteroatoms. The van der Waals surface area contributed by atoms with Crippen LogP contribution in [0.3, 0.4) is 0 Å².